The SMILES string of the molecule is O=C(O)C1CC2CCCCC2N1C(=O)c1ccc(-c2ccco2)[nH]c1=O. The van der Waals surface area contributed by atoms with Gasteiger partial charge in [0.15, 0.2) is 0 Å². The van der Waals surface area contributed by atoms with Crippen LogP contribution in [0.25, 0.3) is 11.5 Å². The van der Waals surface area contributed by atoms with Crippen molar-refractivity contribution >= 4 is 11.9 Å². The number of likely N-dealkylation sites (tertiary alicyclic amines) is 1. The molecule has 1 aliphatic carbocycles. The number of aromatic amines is 1. The van der Waals surface area contributed by atoms with Gasteiger partial charge in [-0.1, -0.05) is 12.8 Å². The van der Waals surface area contributed by atoms with Crippen molar-refractivity contribution in [2.24, 2.45) is 5.92 Å². The third-order valence-corrected chi connectivity index (χ3v) is 5.53. The molecule has 3 atom stereocenters. The van der Waals surface area contributed by atoms with Crippen LogP contribution >= 0.6 is 0 Å². The number of hydrogen-bond acceptors (Lipinski definition) is 4. The van der Waals surface area contributed by atoms with E-state index in [-0.39, 0.29) is 17.5 Å². The Morgan fingerprint density at radius 3 is 2.69 bits per heavy atom. The van der Waals surface area contributed by atoms with Gasteiger partial charge in [-0.05, 0) is 49.4 Å². The summed E-state index contributed by atoms with van der Waals surface area (Å²) in [7, 11) is 0. The van der Waals surface area contributed by atoms with Gasteiger partial charge < -0.3 is 19.4 Å². The smallest absolute Gasteiger partial charge is 0.326 e. The molecule has 1 saturated carbocycles. The average Bonchev–Trinajstić information content (AvgIpc) is 3.29. The van der Waals surface area contributed by atoms with Gasteiger partial charge in [-0.15, -0.1) is 0 Å². The number of furan rings is 1. The number of carboxylic acid groups (broad SMARTS) is 1. The predicted molar refractivity (Wildman–Crippen MR) is 92.7 cm³/mol. The molecule has 26 heavy (non-hydrogen) atoms. The zero-order valence-electron chi connectivity index (χ0n) is 14.2. The molecule has 3 unspecified atom stereocenters. The summed E-state index contributed by atoms with van der Waals surface area (Å²) in [5, 5.41) is 9.57. The molecule has 1 saturated heterocycles. The topological polar surface area (TPSA) is 104 Å². The number of aromatic nitrogens is 1. The highest BCUT2D eigenvalue weighted by Gasteiger charge is 2.48. The number of aliphatic carboxylic acids is 1. The van der Waals surface area contributed by atoms with E-state index < -0.39 is 23.5 Å². The van der Waals surface area contributed by atoms with E-state index >= 15 is 0 Å². The van der Waals surface area contributed by atoms with Crippen LogP contribution < -0.4 is 5.56 Å². The van der Waals surface area contributed by atoms with Crippen LogP contribution in [0.15, 0.2) is 39.7 Å². The van der Waals surface area contributed by atoms with Crippen LogP contribution in [0.5, 0.6) is 0 Å². The van der Waals surface area contributed by atoms with Gasteiger partial charge in [0.2, 0.25) is 0 Å². The molecule has 0 bridgehead atoms. The molecule has 3 heterocycles. The number of fused-ring (bicyclic) bond motifs is 1. The van der Waals surface area contributed by atoms with Gasteiger partial charge >= 0.3 is 5.97 Å². The van der Waals surface area contributed by atoms with E-state index in [1.165, 1.54) is 17.2 Å². The number of pyridine rings is 1. The fourth-order valence-electron chi connectivity index (χ4n) is 4.33. The molecule has 2 fully saturated rings. The van der Waals surface area contributed by atoms with Crippen molar-refractivity contribution in [3.8, 4) is 11.5 Å². The molecule has 1 amide bonds. The minimum Gasteiger partial charge on any atom is -0.480 e. The van der Waals surface area contributed by atoms with Crippen LogP contribution in [0.1, 0.15) is 42.5 Å². The molecular formula is C19H20N2O5. The van der Waals surface area contributed by atoms with Gasteiger partial charge in [0.1, 0.15) is 17.4 Å². The Hall–Kier alpha value is -2.83. The van der Waals surface area contributed by atoms with E-state index in [0.717, 1.165) is 25.7 Å². The zero-order valence-corrected chi connectivity index (χ0v) is 14.2. The van der Waals surface area contributed by atoms with E-state index in [9.17, 15) is 19.5 Å². The molecule has 0 radical (unpaired) electrons. The van der Waals surface area contributed by atoms with Crippen LogP contribution in [-0.4, -0.2) is 39.0 Å². The summed E-state index contributed by atoms with van der Waals surface area (Å²) in [6.07, 6.45) is 5.74. The summed E-state index contributed by atoms with van der Waals surface area (Å²) >= 11 is 0. The van der Waals surface area contributed by atoms with Crippen molar-refractivity contribution in [1.82, 2.24) is 9.88 Å². The summed E-state index contributed by atoms with van der Waals surface area (Å²) in [4.78, 5) is 41.3. The minimum atomic E-state index is -1.00. The highest BCUT2D eigenvalue weighted by atomic mass is 16.4. The molecule has 2 aromatic heterocycles. The van der Waals surface area contributed by atoms with Crippen molar-refractivity contribution in [1.29, 1.82) is 0 Å². The third kappa shape index (κ3) is 2.73. The monoisotopic (exact) mass is 356 g/mol. The molecule has 1 aliphatic heterocycles. The number of H-pyrrole nitrogens is 1. The summed E-state index contributed by atoms with van der Waals surface area (Å²) in [6, 6.07) is 5.52. The Labute approximate surface area is 149 Å². The Balaban J connectivity index is 1.67. The number of nitrogens with zero attached hydrogens (tertiary/aromatic N) is 1. The summed E-state index contributed by atoms with van der Waals surface area (Å²) in [5.74, 6) is -0.802. The van der Waals surface area contributed by atoms with E-state index in [0.29, 0.717) is 17.9 Å². The van der Waals surface area contributed by atoms with Crippen molar-refractivity contribution < 1.29 is 19.1 Å². The largest absolute Gasteiger partial charge is 0.480 e. The van der Waals surface area contributed by atoms with Crippen molar-refractivity contribution in [3.05, 3.63) is 46.4 Å². The molecule has 136 valence electrons. The van der Waals surface area contributed by atoms with Crippen LogP contribution in [0.3, 0.4) is 0 Å². The van der Waals surface area contributed by atoms with Crippen molar-refractivity contribution in [3.63, 3.8) is 0 Å². The van der Waals surface area contributed by atoms with Crippen LogP contribution in [-0.2, 0) is 4.79 Å². The first-order chi connectivity index (χ1) is 12.6. The standard InChI is InChI=1S/C19H20N2O5/c22-17-12(7-8-13(20-17)16-6-3-9-26-16)18(23)21-14-5-2-1-4-11(14)10-15(21)19(24)25/h3,6-9,11,14-15H,1-2,4-5,10H2,(H,20,22)(H,24,25). The quantitative estimate of drug-likeness (QED) is 0.879. The maximum atomic E-state index is 13.1. The van der Waals surface area contributed by atoms with Crippen LogP contribution in [0, 0.1) is 5.92 Å². The lowest BCUT2D eigenvalue weighted by atomic mass is 9.84. The Kier molecular flexibility index (Phi) is 4.14. The highest BCUT2D eigenvalue weighted by Crippen LogP contribution is 2.40. The number of carbonyl (C=O) groups excluding carboxylic acids is 1. The van der Waals surface area contributed by atoms with Gasteiger partial charge in [-0.3, -0.25) is 9.59 Å². The molecule has 7 heteroatoms. The maximum Gasteiger partial charge on any atom is 0.326 e. The molecule has 2 aliphatic rings. The lowest BCUT2D eigenvalue weighted by molar-refractivity contribution is -0.141. The minimum absolute atomic E-state index is 0.0298. The predicted octanol–water partition coefficient (Wildman–Crippen LogP) is 2.49. The molecule has 4 rings (SSSR count). The molecule has 0 spiro atoms. The molecular weight excluding hydrogens is 336 g/mol. The van der Waals surface area contributed by atoms with Gasteiger partial charge in [-0.25, -0.2) is 4.79 Å². The number of rotatable bonds is 3. The van der Waals surface area contributed by atoms with E-state index in [1.807, 2.05) is 0 Å². The number of carbonyl (C=O) groups is 2. The molecule has 2 N–H and O–H groups in total. The van der Waals surface area contributed by atoms with Gasteiger partial charge in [0.05, 0.1) is 12.0 Å². The number of carboxylic acids is 1. The maximum absolute atomic E-state index is 13.1. The third-order valence-electron chi connectivity index (χ3n) is 5.53. The zero-order chi connectivity index (χ0) is 18.3. The Morgan fingerprint density at radius 2 is 2.00 bits per heavy atom. The first-order valence-electron chi connectivity index (χ1n) is 8.89. The first-order valence-corrected chi connectivity index (χ1v) is 8.89. The van der Waals surface area contributed by atoms with Crippen LogP contribution in [0.4, 0.5) is 0 Å². The van der Waals surface area contributed by atoms with Crippen molar-refractivity contribution in [2.45, 2.75) is 44.2 Å². The van der Waals surface area contributed by atoms with E-state index in [2.05, 4.69) is 4.98 Å². The van der Waals surface area contributed by atoms with Gasteiger partial charge in [-0.2, -0.15) is 0 Å². The van der Waals surface area contributed by atoms with Gasteiger partial charge in [0, 0.05) is 6.04 Å². The Bertz CT molecular complexity index is 886. The fourth-order valence-corrected chi connectivity index (χ4v) is 4.33. The molecule has 0 aromatic carbocycles. The lowest BCUT2D eigenvalue weighted by Crippen LogP contribution is -2.47. The average molecular weight is 356 g/mol. The van der Waals surface area contributed by atoms with Crippen LogP contribution in [0.2, 0.25) is 0 Å². The molecule has 2 aromatic rings. The number of amides is 1. The second-order valence-electron chi connectivity index (χ2n) is 7.01. The lowest BCUT2D eigenvalue weighted by Gasteiger charge is -2.32. The normalized spacial score (nSPS) is 25.1. The number of hydrogen-bond donors (Lipinski definition) is 2. The van der Waals surface area contributed by atoms with Crippen molar-refractivity contribution in [2.75, 3.05) is 0 Å². The fraction of sp³-hybridized carbons (Fsp3) is 0.421. The van der Waals surface area contributed by atoms with E-state index in [1.54, 1.807) is 18.2 Å². The first kappa shape index (κ1) is 16.6. The summed E-state index contributed by atoms with van der Waals surface area (Å²) in [6.45, 7) is 0. The highest BCUT2D eigenvalue weighted by molar-refractivity contribution is 5.97. The second-order valence-corrected chi connectivity index (χ2v) is 7.01. The Morgan fingerprint density at radius 1 is 1.19 bits per heavy atom. The summed E-state index contributed by atoms with van der Waals surface area (Å²) in [5.41, 5.74) is -0.0895. The molecule has 7 nitrogen and oxygen atoms in total. The van der Waals surface area contributed by atoms with E-state index in [4.69, 9.17) is 4.42 Å². The summed E-state index contributed by atoms with van der Waals surface area (Å²) < 4.78 is 5.25. The second kappa shape index (κ2) is 6.48. The van der Waals surface area contributed by atoms with Gasteiger partial charge in [0.25, 0.3) is 11.5 Å². The number of nitrogens with one attached hydrogen (secondary N) is 1.